The molecule has 14 heteroatoms. The molecule has 0 bridgehead atoms. The normalized spacial score (nSPS) is 11.5. The van der Waals surface area contributed by atoms with E-state index in [0.29, 0.717) is 22.6 Å². The predicted octanol–water partition coefficient (Wildman–Crippen LogP) is 5.48. The van der Waals surface area contributed by atoms with Gasteiger partial charge in [-0.3, -0.25) is 10.0 Å². The lowest BCUT2D eigenvalue weighted by molar-refractivity contribution is 0.262. The summed E-state index contributed by atoms with van der Waals surface area (Å²) in [4.78, 5) is 20.9. The van der Waals surface area contributed by atoms with Gasteiger partial charge in [0.1, 0.15) is 34.5 Å². The van der Waals surface area contributed by atoms with Crippen LogP contribution in [0.5, 0.6) is 11.5 Å². The number of oxazole rings is 1. The smallest absolute Gasteiger partial charge is 0.324 e. The molecule has 40 heavy (non-hydrogen) atoms. The highest BCUT2D eigenvalue weighted by molar-refractivity contribution is 7.92. The van der Waals surface area contributed by atoms with Crippen molar-refractivity contribution in [2.24, 2.45) is 0 Å². The molecular formula is C26H24FN7O5S. The number of benzene rings is 2. The first kappa shape index (κ1) is 26.6. The monoisotopic (exact) mass is 565 g/mol. The first-order valence-electron chi connectivity index (χ1n) is 12.0. The molecule has 3 heterocycles. The second-order valence-corrected chi connectivity index (χ2v) is 10.8. The van der Waals surface area contributed by atoms with E-state index in [1.165, 1.54) is 36.9 Å². The van der Waals surface area contributed by atoms with Gasteiger partial charge in [-0.15, -0.1) is 0 Å². The van der Waals surface area contributed by atoms with Gasteiger partial charge in [0.25, 0.3) is 0 Å². The van der Waals surface area contributed by atoms with E-state index in [1.807, 2.05) is 13.8 Å². The Hall–Kier alpha value is -4.98. The predicted molar refractivity (Wildman–Crippen MR) is 147 cm³/mol. The first-order valence-corrected chi connectivity index (χ1v) is 13.9. The molecule has 0 aliphatic carbocycles. The van der Waals surface area contributed by atoms with Crippen molar-refractivity contribution < 1.29 is 26.8 Å². The second kappa shape index (κ2) is 10.6. The van der Waals surface area contributed by atoms with Gasteiger partial charge in [0.05, 0.1) is 23.3 Å². The molecule has 2 amide bonds. The number of nitrogens with zero attached hydrogens (tertiary/aromatic N) is 4. The Labute approximate surface area is 228 Å². The van der Waals surface area contributed by atoms with E-state index in [2.05, 4.69) is 30.4 Å². The molecule has 3 N–H and O–H groups in total. The van der Waals surface area contributed by atoms with Crippen molar-refractivity contribution >= 4 is 44.5 Å². The van der Waals surface area contributed by atoms with Gasteiger partial charge in [0.2, 0.25) is 10.0 Å². The minimum absolute atomic E-state index is 0.0521. The number of halogens is 1. The molecule has 12 nitrogen and oxygen atoms in total. The lowest BCUT2D eigenvalue weighted by Crippen LogP contribution is -2.22. The number of urea groups is 1. The largest absolute Gasteiger partial charge is 0.457 e. The molecule has 206 valence electrons. The molecule has 0 radical (unpaired) electrons. The lowest BCUT2D eigenvalue weighted by Gasteiger charge is -2.12. The van der Waals surface area contributed by atoms with Gasteiger partial charge in [-0.2, -0.15) is 5.10 Å². The molecule has 2 aromatic carbocycles. The summed E-state index contributed by atoms with van der Waals surface area (Å²) < 4.78 is 52.4. The van der Waals surface area contributed by atoms with Gasteiger partial charge < -0.3 is 14.5 Å². The average Bonchev–Trinajstić information content (AvgIpc) is 3.51. The van der Waals surface area contributed by atoms with Crippen LogP contribution in [0.4, 0.5) is 26.5 Å². The summed E-state index contributed by atoms with van der Waals surface area (Å²) in [5.41, 5.74) is 2.56. The number of hydrogen-bond donors (Lipinski definition) is 3. The van der Waals surface area contributed by atoms with E-state index in [-0.39, 0.29) is 28.9 Å². The van der Waals surface area contributed by atoms with Crippen LogP contribution in [0.25, 0.3) is 16.8 Å². The van der Waals surface area contributed by atoms with E-state index in [9.17, 15) is 17.6 Å². The Bertz CT molecular complexity index is 1820. The zero-order chi connectivity index (χ0) is 28.4. The maximum Gasteiger partial charge on any atom is 0.324 e. The number of carbonyl (C=O) groups excluding carboxylic acids is 1. The first-order chi connectivity index (χ1) is 19.0. The van der Waals surface area contributed by atoms with Crippen molar-refractivity contribution in [3.8, 4) is 17.2 Å². The fraction of sp³-hybridized carbons (Fsp3) is 0.154. The maximum absolute atomic E-state index is 14.9. The van der Waals surface area contributed by atoms with Crippen LogP contribution in [0.3, 0.4) is 0 Å². The number of ether oxygens (including phenoxy) is 1. The average molecular weight is 566 g/mol. The molecule has 0 saturated heterocycles. The third-order valence-electron chi connectivity index (χ3n) is 5.57. The summed E-state index contributed by atoms with van der Waals surface area (Å²) in [5.74, 6) is 0.130. The van der Waals surface area contributed by atoms with Crippen LogP contribution in [-0.2, 0) is 10.0 Å². The summed E-state index contributed by atoms with van der Waals surface area (Å²) in [6.45, 7) is 3.96. The fourth-order valence-corrected chi connectivity index (χ4v) is 4.22. The number of amides is 2. The van der Waals surface area contributed by atoms with Crippen molar-refractivity contribution in [3.05, 3.63) is 78.7 Å². The summed E-state index contributed by atoms with van der Waals surface area (Å²) >= 11 is 0. The van der Waals surface area contributed by atoms with Crippen molar-refractivity contribution in [1.82, 2.24) is 19.7 Å². The number of nitrogens with one attached hydrogen (secondary N) is 3. The number of sulfonamides is 1. The minimum Gasteiger partial charge on any atom is -0.457 e. The van der Waals surface area contributed by atoms with Crippen LogP contribution in [0.15, 0.2) is 71.6 Å². The molecule has 0 atom stereocenters. The van der Waals surface area contributed by atoms with Crippen LogP contribution >= 0.6 is 0 Å². The Morgan fingerprint density at radius 1 is 1.02 bits per heavy atom. The number of fused-ring (bicyclic) bond motifs is 1. The molecule has 0 spiro atoms. The molecule has 0 aliphatic heterocycles. The van der Waals surface area contributed by atoms with E-state index < -0.39 is 21.9 Å². The SMILES string of the molecule is CC(C)c1cc(NC(=O)Nc2ccc(Oc3ccnc(NS(C)(=O)=O)c3)cc2F)n(-c2ccc3ocnc3c2)n1. The number of aromatic nitrogens is 4. The van der Waals surface area contributed by atoms with Gasteiger partial charge in [0.15, 0.2) is 12.0 Å². The van der Waals surface area contributed by atoms with Gasteiger partial charge in [0, 0.05) is 24.4 Å². The number of pyridine rings is 1. The maximum atomic E-state index is 14.9. The summed E-state index contributed by atoms with van der Waals surface area (Å²) in [7, 11) is -3.53. The number of carbonyl (C=O) groups is 1. The van der Waals surface area contributed by atoms with Crippen LogP contribution in [0.2, 0.25) is 0 Å². The highest BCUT2D eigenvalue weighted by atomic mass is 32.2. The highest BCUT2D eigenvalue weighted by Gasteiger charge is 2.17. The Morgan fingerprint density at radius 3 is 2.58 bits per heavy atom. The Kier molecular flexibility index (Phi) is 7.09. The number of anilines is 3. The number of rotatable bonds is 8. The topological polar surface area (TPSA) is 153 Å². The van der Waals surface area contributed by atoms with Crippen molar-refractivity contribution in [1.29, 1.82) is 0 Å². The van der Waals surface area contributed by atoms with Gasteiger partial charge in [-0.05, 0) is 42.3 Å². The molecular weight excluding hydrogens is 541 g/mol. The third kappa shape index (κ3) is 6.18. The zero-order valence-corrected chi connectivity index (χ0v) is 22.4. The van der Waals surface area contributed by atoms with Crippen molar-refractivity contribution in [2.45, 2.75) is 19.8 Å². The zero-order valence-electron chi connectivity index (χ0n) is 21.5. The van der Waals surface area contributed by atoms with E-state index in [1.54, 1.807) is 28.9 Å². The number of hydrogen-bond acceptors (Lipinski definition) is 8. The molecule has 0 fully saturated rings. The van der Waals surface area contributed by atoms with Crippen molar-refractivity contribution in [2.75, 3.05) is 21.6 Å². The van der Waals surface area contributed by atoms with E-state index in [4.69, 9.17) is 9.15 Å². The molecule has 5 rings (SSSR count). The van der Waals surface area contributed by atoms with Crippen molar-refractivity contribution in [3.63, 3.8) is 0 Å². The van der Waals surface area contributed by atoms with E-state index in [0.717, 1.165) is 18.0 Å². The standard InChI is InChI=1S/C26H24FN7O5S/c1-15(2)21-13-25(34(32-21)16-4-7-23-22(10-16)29-14-38-23)31-26(35)30-20-6-5-17(11-19(20)27)39-18-8-9-28-24(12-18)33-40(3,36)37/h4-15H,1-3H3,(H,28,33)(H2,30,31,35). The molecule has 0 saturated carbocycles. The Balaban J connectivity index is 1.31. The van der Waals surface area contributed by atoms with Crippen LogP contribution in [0.1, 0.15) is 25.5 Å². The van der Waals surface area contributed by atoms with Crippen LogP contribution in [-0.4, -0.2) is 40.5 Å². The van der Waals surface area contributed by atoms with Crippen LogP contribution < -0.4 is 20.1 Å². The molecule has 0 aliphatic rings. The lowest BCUT2D eigenvalue weighted by atomic mass is 10.1. The molecule has 0 unspecified atom stereocenters. The quantitative estimate of drug-likeness (QED) is 0.224. The highest BCUT2D eigenvalue weighted by Crippen LogP contribution is 2.28. The third-order valence-corrected chi connectivity index (χ3v) is 6.15. The second-order valence-electron chi connectivity index (χ2n) is 9.10. The Morgan fingerprint density at radius 2 is 1.82 bits per heavy atom. The van der Waals surface area contributed by atoms with Crippen LogP contribution in [0, 0.1) is 5.82 Å². The summed E-state index contributed by atoms with van der Waals surface area (Å²) in [6.07, 6.45) is 3.69. The van der Waals surface area contributed by atoms with Gasteiger partial charge >= 0.3 is 6.03 Å². The minimum atomic E-state index is -3.53. The van der Waals surface area contributed by atoms with Gasteiger partial charge in [-0.1, -0.05) is 13.8 Å². The fourth-order valence-electron chi connectivity index (χ4n) is 3.73. The van der Waals surface area contributed by atoms with Gasteiger partial charge in [-0.25, -0.2) is 32.3 Å². The molecule has 5 aromatic rings. The summed E-state index contributed by atoms with van der Waals surface area (Å²) in [6, 6.07) is 13.1. The summed E-state index contributed by atoms with van der Waals surface area (Å²) in [5, 5.41) is 9.83. The van der Waals surface area contributed by atoms with E-state index >= 15 is 0 Å². The molecule has 3 aromatic heterocycles.